The molecule has 12 nitrogen and oxygen atoms in total. The number of esters is 2. The Balaban J connectivity index is 1.99. The van der Waals surface area contributed by atoms with Crippen LogP contribution in [-0.2, 0) is 28.6 Å². The average molecular weight is 473 g/mol. The van der Waals surface area contributed by atoms with Gasteiger partial charge in [-0.25, -0.2) is 0 Å². The van der Waals surface area contributed by atoms with E-state index in [1.54, 1.807) is 32.3 Å². The third kappa shape index (κ3) is 5.09. The Kier molecular flexibility index (Phi) is 7.68. The first-order valence-electron chi connectivity index (χ1n) is 10.8. The summed E-state index contributed by atoms with van der Waals surface area (Å²) in [6.45, 7) is 6.75. The average Bonchev–Trinajstić information content (AvgIpc) is 3.37. The number of nitriles is 1. The van der Waals surface area contributed by atoms with Crippen molar-refractivity contribution in [1.82, 2.24) is 14.5 Å². The number of nitrogens with zero attached hydrogens (tertiary/aromatic N) is 4. The quantitative estimate of drug-likeness (QED) is 0.422. The number of fused-ring (bicyclic) bond motifs is 1. The zero-order valence-electron chi connectivity index (χ0n) is 19.6. The van der Waals surface area contributed by atoms with Crippen LogP contribution in [0.3, 0.4) is 0 Å². The third-order valence-electron chi connectivity index (χ3n) is 5.23. The number of hydrogen-bond acceptors (Lipinski definition) is 10. The summed E-state index contributed by atoms with van der Waals surface area (Å²) in [5.41, 5.74) is 0.519. The van der Waals surface area contributed by atoms with Crippen LogP contribution < -0.4 is 10.1 Å². The molecular formula is C22H27N5O7. The molecule has 3 atom stereocenters. The molecule has 0 bridgehead atoms. The fourth-order valence-electron chi connectivity index (χ4n) is 3.45. The van der Waals surface area contributed by atoms with Crippen molar-refractivity contribution in [3.05, 3.63) is 11.8 Å². The second kappa shape index (κ2) is 10.5. The van der Waals surface area contributed by atoms with E-state index in [2.05, 4.69) is 21.4 Å². The summed E-state index contributed by atoms with van der Waals surface area (Å²) in [5.74, 6) is -1.41. The van der Waals surface area contributed by atoms with Crippen molar-refractivity contribution >= 4 is 35.3 Å². The molecule has 0 unspecified atom stereocenters. The smallest absolute Gasteiger partial charge is 0.308 e. The lowest BCUT2D eigenvalue weighted by Gasteiger charge is -2.20. The molecule has 0 saturated carbocycles. The van der Waals surface area contributed by atoms with Gasteiger partial charge in [-0.2, -0.15) is 15.2 Å². The van der Waals surface area contributed by atoms with Crippen LogP contribution in [0.1, 0.15) is 45.9 Å². The van der Waals surface area contributed by atoms with Gasteiger partial charge in [0.1, 0.15) is 31.1 Å². The fourth-order valence-corrected chi connectivity index (χ4v) is 3.45. The van der Waals surface area contributed by atoms with Gasteiger partial charge < -0.3 is 23.5 Å². The van der Waals surface area contributed by atoms with Crippen LogP contribution in [-0.4, -0.2) is 58.8 Å². The van der Waals surface area contributed by atoms with Gasteiger partial charge in [-0.15, -0.1) is 0 Å². The van der Waals surface area contributed by atoms with Crippen molar-refractivity contribution in [3.8, 4) is 11.9 Å². The maximum atomic E-state index is 12.3. The Labute approximate surface area is 196 Å². The van der Waals surface area contributed by atoms with E-state index in [4.69, 9.17) is 18.9 Å². The zero-order valence-corrected chi connectivity index (χ0v) is 19.6. The Bertz CT molecular complexity index is 1120. The minimum Gasteiger partial charge on any atom is -0.480 e. The summed E-state index contributed by atoms with van der Waals surface area (Å²) in [5, 5.41) is 12.4. The molecule has 0 spiro atoms. The minimum absolute atomic E-state index is 0.0219. The summed E-state index contributed by atoms with van der Waals surface area (Å²) >= 11 is 0. The van der Waals surface area contributed by atoms with E-state index in [1.165, 1.54) is 13.3 Å². The monoisotopic (exact) mass is 473 g/mol. The lowest BCUT2D eigenvalue weighted by atomic mass is 10.1. The van der Waals surface area contributed by atoms with E-state index in [9.17, 15) is 19.6 Å². The van der Waals surface area contributed by atoms with Crippen molar-refractivity contribution in [2.45, 2.75) is 52.6 Å². The van der Waals surface area contributed by atoms with Gasteiger partial charge in [-0.05, 0) is 0 Å². The molecule has 1 aliphatic heterocycles. The van der Waals surface area contributed by atoms with Crippen LogP contribution in [0.15, 0.2) is 6.20 Å². The van der Waals surface area contributed by atoms with E-state index in [0.29, 0.717) is 11.8 Å². The molecule has 0 aromatic carbocycles. The van der Waals surface area contributed by atoms with Gasteiger partial charge in [0.2, 0.25) is 18.2 Å². The molecule has 2 aromatic rings. The second-order valence-corrected chi connectivity index (χ2v) is 8.36. The van der Waals surface area contributed by atoms with E-state index in [1.807, 2.05) is 0 Å². The minimum atomic E-state index is -0.727. The summed E-state index contributed by atoms with van der Waals surface area (Å²) in [6.07, 6.45) is 0.0433. The molecule has 1 N–H and O–H groups in total. The predicted molar refractivity (Wildman–Crippen MR) is 118 cm³/mol. The number of methoxy groups -OCH3 is 1. The van der Waals surface area contributed by atoms with Crippen molar-refractivity contribution in [3.63, 3.8) is 0 Å². The van der Waals surface area contributed by atoms with Gasteiger partial charge >= 0.3 is 11.9 Å². The number of anilines is 1. The van der Waals surface area contributed by atoms with Crippen LogP contribution in [0, 0.1) is 23.2 Å². The van der Waals surface area contributed by atoms with Crippen LogP contribution in [0.25, 0.3) is 11.0 Å². The largest absolute Gasteiger partial charge is 0.480 e. The summed E-state index contributed by atoms with van der Waals surface area (Å²) < 4.78 is 24.0. The first-order valence-corrected chi connectivity index (χ1v) is 10.8. The molecule has 1 aliphatic rings. The number of ether oxygens (including phenoxy) is 4. The Morgan fingerprint density at radius 3 is 2.59 bits per heavy atom. The van der Waals surface area contributed by atoms with E-state index in [-0.39, 0.29) is 47.9 Å². The highest BCUT2D eigenvalue weighted by atomic mass is 16.6. The van der Waals surface area contributed by atoms with E-state index < -0.39 is 30.4 Å². The lowest BCUT2D eigenvalue weighted by molar-refractivity contribution is -0.162. The number of rotatable bonds is 9. The van der Waals surface area contributed by atoms with Gasteiger partial charge in [0.05, 0.1) is 29.9 Å². The molecule has 34 heavy (non-hydrogen) atoms. The van der Waals surface area contributed by atoms with Gasteiger partial charge in [0.25, 0.3) is 0 Å². The highest BCUT2D eigenvalue weighted by Gasteiger charge is 2.41. The van der Waals surface area contributed by atoms with Crippen LogP contribution >= 0.6 is 0 Å². The number of aromatic nitrogens is 3. The van der Waals surface area contributed by atoms with Crippen molar-refractivity contribution in [1.29, 1.82) is 5.26 Å². The number of amides is 1. The number of carbonyl (C=O) groups is 3. The number of hydrogen-bond donors (Lipinski definition) is 1. The summed E-state index contributed by atoms with van der Waals surface area (Å²) in [7, 11) is 1.39. The first kappa shape index (κ1) is 24.9. The van der Waals surface area contributed by atoms with Crippen LogP contribution in [0.5, 0.6) is 5.88 Å². The van der Waals surface area contributed by atoms with Gasteiger partial charge in [0.15, 0.2) is 5.65 Å². The molecule has 182 valence electrons. The lowest BCUT2D eigenvalue weighted by Crippen LogP contribution is -2.33. The molecule has 0 aliphatic carbocycles. The van der Waals surface area contributed by atoms with E-state index in [0.717, 1.165) is 0 Å². The van der Waals surface area contributed by atoms with Gasteiger partial charge in [-0.1, -0.05) is 27.7 Å². The van der Waals surface area contributed by atoms with Crippen molar-refractivity contribution in [2.75, 3.05) is 19.0 Å². The topological polar surface area (TPSA) is 155 Å². The molecule has 2 aromatic heterocycles. The summed E-state index contributed by atoms with van der Waals surface area (Å²) in [4.78, 5) is 43.6. The molecule has 1 amide bonds. The Morgan fingerprint density at radius 1 is 1.29 bits per heavy atom. The van der Waals surface area contributed by atoms with Crippen molar-refractivity contribution < 1.29 is 33.3 Å². The Hall–Kier alpha value is -3.72. The predicted octanol–water partition coefficient (Wildman–Crippen LogP) is 1.93. The molecule has 3 heterocycles. The first-order chi connectivity index (χ1) is 16.2. The van der Waals surface area contributed by atoms with E-state index >= 15 is 0 Å². The summed E-state index contributed by atoms with van der Waals surface area (Å²) in [6, 6.07) is 2.08. The number of carbonyl (C=O) groups excluding carboxylic acids is 3. The highest BCUT2D eigenvalue weighted by Crippen LogP contribution is 2.37. The molecule has 3 rings (SSSR count). The third-order valence-corrected chi connectivity index (χ3v) is 5.23. The Morgan fingerprint density at radius 2 is 2.00 bits per heavy atom. The zero-order chi connectivity index (χ0) is 25.0. The number of nitrogens with one attached hydrogen (secondary N) is 1. The molecule has 12 heteroatoms. The van der Waals surface area contributed by atoms with Gasteiger partial charge in [-0.3, -0.25) is 19.7 Å². The molecule has 1 fully saturated rings. The highest BCUT2D eigenvalue weighted by molar-refractivity contribution is 5.89. The maximum Gasteiger partial charge on any atom is 0.308 e. The van der Waals surface area contributed by atoms with Crippen LogP contribution in [0.4, 0.5) is 5.95 Å². The molecule has 0 radical (unpaired) electrons. The SMILES string of the molecule is COc1nc(NC=O)nc2c1c(C#N)cn2[C@H]1C[C@H](OC(=O)C(C)C)[C@@H](COC(=O)C(C)C)O1. The van der Waals surface area contributed by atoms with Gasteiger partial charge in [0, 0.05) is 12.6 Å². The molecular weight excluding hydrogens is 446 g/mol. The van der Waals surface area contributed by atoms with Crippen molar-refractivity contribution in [2.24, 2.45) is 11.8 Å². The second-order valence-electron chi connectivity index (χ2n) is 8.36. The molecule has 1 saturated heterocycles. The van der Waals surface area contributed by atoms with Crippen LogP contribution in [0.2, 0.25) is 0 Å². The normalized spacial score (nSPS) is 19.8. The maximum absolute atomic E-state index is 12.3. The standard InChI is InChI=1S/C22H27N5O7/c1-11(2)20(29)32-9-15-14(34-21(30)12(3)4)6-16(33-15)27-8-13(7-23)17-18(27)25-22(24-10-28)26-19(17)31-5/h8,10-12,14-16H,6,9H2,1-5H3,(H,24,25,26,28)/t14-,15+,16+/m0/s1. The fraction of sp³-hybridized carbons (Fsp3) is 0.545.